The molecule has 0 saturated carbocycles. The summed E-state index contributed by atoms with van der Waals surface area (Å²) in [5.41, 5.74) is 1.74. The van der Waals surface area contributed by atoms with Gasteiger partial charge < -0.3 is 15.0 Å². The van der Waals surface area contributed by atoms with Crippen LogP contribution < -0.4 is 5.32 Å². The molecular weight excluding hydrogens is 321 g/mol. The SMILES string of the molecule is CC(C)(NCCCn1cncc1CO)c1ccc(Cl)c(Cl)c1. The molecular formula is C16H21Cl2N3O. The molecule has 0 aliphatic carbocycles. The van der Waals surface area contributed by atoms with E-state index in [0.717, 1.165) is 30.8 Å². The van der Waals surface area contributed by atoms with Gasteiger partial charge in [-0.1, -0.05) is 29.3 Å². The number of rotatable bonds is 7. The van der Waals surface area contributed by atoms with Gasteiger partial charge in [-0.2, -0.15) is 0 Å². The number of hydrogen-bond acceptors (Lipinski definition) is 3. The lowest BCUT2D eigenvalue weighted by Gasteiger charge is -2.27. The monoisotopic (exact) mass is 341 g/mol. The predicted octanol–water partition coefficient (Wildman–Crippen LogP) is 3.60. The lowest BCUT2D eigenvalue weighted by atomic mass is 9.94. The van der Waals surface area contributed by atoms with Gasteiger partial charge in [0, 0.05) is 12.1 Å². The molecule has 0 spiro atoms. The van der Waals surface area contributed by atoms with E-state index >= 15 is 0 Å². The summed E-state index contributed by atoms with van der Waals surface area (Å²) in [7, 11) is 0. The molecule has 2 N–H and O–H groups in total. The number of aliphatic hydroxyl groups excluding tert-OH is 1. The van der Waals surface area contributed by atoms with E-state index in [2.05, 4.69) is 24.1 Å². The topological polar surface area (TPSA) is 50.1 Å². The first-order valence-corrected chi connectivity index (χ1v) is 8.00. The number of imidazole rings is 1. The fourth-order valence-electron chi connectivity index (χ4n) is 2.32. The maximum absolute atomic E-state index is 9.19. The van der Waals surface area contributed by atoms with Crippen molar-refractivity contribution < 1.29 is 5.11 Å². The summed E-state index contributed by atoms with van der Waals surface area (Å²) in [5, 5.41) is 13.9. The molecule has 1 aromatic carbocycles. The Balaban J connectivity index is 1.88. The number of aliphatic hydroxyl groups is 1. The lowest BCUT2D eigenvalue weighted by Crippen LogP contribution is -2.37. The van der Waals surface area contributed by atoms with Gasteiger partial charge in [0.25, 0.3) is 0 Å². The van der Waals surface area contributed by atoms with E-state index in [1.54, 1.807) is 12.5 Å². The molecule has 2 rings (SSSR count). The summed E-state index contributed by atoms with van der Waals surface area (Å²) < 4.78 is 1.97. The van der Waals surface area contributed by atoms with E-state index in [4.69, 9.17) is 23.2 Å². The minimum Gasteiger partial charge on any atom is -0.390 e. The van der Waals surface area contributed by atoms with Crippen molar-refractivity contribution in [2.75, 3.05) is 6.54 Å². The van der Waals surface area contributed by atoms with E-state index in [1.165, 1.54) is 0 Å². The third-order valence-electron chi connectivity index (χ3n) is 3.74. The van der Waals surface area contributed by atoms with Gasteiger partial charge in [0.2, 0.25) is 0 Å². The van der Waals surface area contributed by atoms with Crippen molar-refractivity contribution in [1.29, 1.82) is 0 Å². The Hall–Kier alpha value is -1.07. The Kier molecular flexibility index (Phi) is 5.87. The molecule has 4 nitrogen and oxygen atoms in total. The molecule has 0 aliphatic rings. The van der Waals surface area contributed by atoms with Crippen molar-refractivity contribution in [3.63, 3.8) is 0 Å². The lowest BCUT2D eigenvalue weighted by molar-refractivity contribution is 0.269. The molecule has 0 radical (unpaired) electrons. The largest absolute Gasteiger partial charge is 0.390 e. The highest BCUT2D eigenvalue weighted by molar-refractivity contribution is 6.42. The van der Waals surface area contributed by atoms with Gasteiger partial charge in [0.05, 0.1) is 34.9 Å². The number of aromatic nitrogens is 2. The van der Waals surface area contributed by atoms with Gasteiger partial charge in [0.15, 0.2) is 0 Å². The molecule has 1 aromatic heterocycles. The molecule has 0 amide bonds. The summed E-state index contributed by atoms with van der Waals surface area (Å²) in [5.74, 6) is 0. The van der Waals surface area contributed by atoms with Gasteiger partial charge in [0.1, 0.15) is 0 Å². The molecule has 1 heterocycles. The van der Waals surface area contributed by atoms with Gasteiger partial charge in [-0.05, 0) is 44.5 Å². The maximum atomic E-state index is 9.19. The predicted molar refractivity (Wildman–Crippen MR) is 90.3 cm³/mol. The maximum Gasteiger partial charge on any atom is 0.0948 e. The van der Waals surface area contributed by atoms with Crippen LogP contribution in [-0.2, 0) is 18.7 Å². The zero-order chi connectivity index (χ0) is 16.2. The Bertz CT molecular complexity index is 626. The van der Waals surface area contributed by atoms with Crippen molar-refractivity contribution >= 4 is 23.2 Å². The molecule has 0 unspecified atom stereocenters. The number of hydrogen-bond donors (Lipinski definition) is 2. The molecule has 0 aliphatic heterocycles. The van der Waals surface area contributed by atoms with Gasteiger partial charge in [-0.3, -0.25) is 0 Å². The molecule has 0 atom stereocenters. The summed E-state index contributed by atoms with van der Waals surface area (Å²) in [6, 6.07) is 5.71. The fraction of sp³-hybridized carbons (Fsp3) is 0.438. The van der Waals surface area contributed by atoms with Crippen molar-refractivity contribution in [3.8, 4) is 0 Å². The molecule has 0 fully saturated rings. The fourth-order valence-corrected chi connectivity index (χ4v) is 2.62. The van der Waals surface area contributed by atoms with E-state index in [0.29, 0.717) is 10.0 Å². The van der Waals surface area contributed by atoms with Crippen LogP contribution in [0.15, 0.2) is 30.7 Å². The van der Waals surface area contributed by atoms with Crippen molar-refractivity contribution in [2.24, 2.45) is 0 Å². The summed E-state index contributed by atoms with van der Waals surface area (Å²) >= 11 is 12.1. The van der Waals surface area contributed by atoms with Crippen LogP contribution in [0.5, 0.6) is 0 Å². The molecule has 0 bridgehead atoms. The van der Waals surface area contributed by atoms with Crippen LogP contribution in [0.4, 0.5) is 0 Å². The highest BCUT2D eigenvalue weighted by atomic mass is 35.5. The molecule has 120 valence electrons. The number of aryl methyl sites for hydroxylation is 1. The molecule has 6 heteroatoms. The molecule has 22 heavy (non-hydrogen) atoms. The highest BCUT2D eigenvalue weighted by Crippen LogP contribution is 2.28. The quantitative estimate of drug-likeness (QED) is 0.756. The Morgan fingerprint density at radius 3 is 2.73 bits per heavy atom. The standard InChI is InChI=1S/C16H21Cl2N3O/c1-16(2,12-4-5-14(17)15(18)8-12)20-6-3-7-21-11-19-9-13(21)10-22/h4-5,8-9,11,20,22H,3,6-7,10H2,1-2H3. The second-order valence-corrected chi connectivity index (χ2v) is 6.59. The van der Waals surface area contributed by atoms with Crippen LogP contribution in [0.2, 0.25) is 10.0 Å². The first-order chi connectivity index (χ1) is 10.4. The second-order valence-electron chi connectivity index (χ2n) is 5.77. The Labute approximate surface area is 141 Å². The van der Waals surface area contributed by atoms with Crippen LogP contribution >= 0.6 is 23.2 Å². The first-order valence-electron chi connectivity index (χ1n) is 7.24. The van der Waals surface area contributed by atoms with Crippen LogP contribution in [0, 0.1) is 0 Å². The summed E-state index contributed by atoms with van der Waals surface area (Å²) in [4.78, 5) is 4.04. The summed E-state index contributed by atoms with van der Waals surface area (Å²) in [6.07, 6.45) is 4.37. The van der Waals surface area contributed by atoms with Gasteiger partial charge in [-0.15, -0.1) is 0 Å². The number of nitrogens with zero attached hydrogens (tertiary/aromatic N) is 2. The smallest absolute Gasteiger partial charge is 0.0948 e. The molecule has 2 aromatic rings. The minimum atomic E-state index is -0.191. The number of nitrogens with one attached hydrogen (secondary N) is 1. The van der Waals surface area contributed by atoms with E-state index in [9.17, 15) is 5.11 Å². The number of benzene rings is 1. The van der Waals surface area contributed by atoms with Crippen LogP contribution in [0.3, 0.4) is 0 Å². The van der Waals surface area contributed by atoms with E-state index in [-0.39, 0.29) is 12.1 Å². The third-order valence-corrected chi connectivity index (χ3v) is 4.48. The average molecular weight is 342 g/mol. The van der Waals surface area contributed by atoms with Gasteiger partial charge in [-0.25, -0.2) is 4.98 Å². The Morgan fingerprint density at radius 2 is 2.05 bits per heavy atom. The van der Waals surface area contributed by atoms with Crippen molar-refractivity contribution in [2.45, 2.75) is 39.0 Å². The second kappa shape index (κ2) is 7.47. The van der Waals surface area contributed by atoms with Crippen molar-refractivity contribution in [3.05, 3.63) is 52.0 Å². The van der Waals surface area contributed by atoms with E-state index < -0.39 is 0 Å². The zero-order valence-electron chi connectivity index (χ0n) is 12.8. The van der Waals surface area contributed by atoms with Crippen LogP contribution in [-0.4, -0.2) is 21.2 Å². The van der Waals surface area contributed by atoms with E-state index in [1.807, 2.05) is 22.8 Å². The Morgan fingerprint density at radius 1 is 1.27 bits per heavy atom. The van der Waals surface area contributed by atoms with Crippen molar-refractivity contribution in [1.82, 2.24) is 14.9 Å². The van der Waals surface area contributed by atoms with Crippen LogP contribution in [0.1, 0.15) is 31.5 Å². The highest BCUT2D eigenvalue weighted by Gasteiger charge is 2.20. The zero-order valence-corrected chi connectivity index (χ0v) is 14.3. The third kappa shape index (κ3) is 4.23. The molecule has 0 saturated heterocycles. The normalized spacial score (nSPS) is 11.9. The average Bonchev–Trinajstić information content (AvgIpc) is 2.94. The van der Waals surface area contributed by atoms with Crippen LogP contribution in [0.25, 0.3) is 0 Å². The minimum absolute atomic E-state index is 0.0161. The summed E-state index contributed by atoms with van der Waals surface area (Å²) in [6.45, 7) is 5.91. The number of halogens is 2. The first kappa shape index (κ1) is 17.3. The van der Waals surface area contributed by atoms with Gasteiger partial charge >= 0.3 is 0 Å².